The first kappa shape index (κ1) is 11.3. The number of hydrogen-bond acceptors (Lipinski definition) is 3. The molecule has 1 saturated heterocycles. The standard InChI is InChI=1S/C13H20N2O/c1-10-8-12(14)4-5-13(10)15-6-3-7-16-11(2)9-15/h4-5,8,11H,3,6-7,9,14H2,1-2H3. The zero-order valence-electron chi connectivity index (χ0n) is 10.1. The Morgan fingerprint density at radius 2 is 2.25 bits per heavy atom. The van der Waals surface area contributed by atoms with Crippen molar-refractivity contribution in [1.82, 2.24) is 0 Å². The van der Waals surface area contributed by atoms with E-state index in [0.717, 1.165) is 31.8 Å². The summed E-state index contributed by atoms with van der Waals surface area (Å²) < 4.78 is 5.65. The van der Waals surface area contributed by atoms with E-state index in [0.29, 0.717) is 6.10 Å². The smallest absolute Gasteiger partial charge is 0.0721 e. The summed E-state index contributed by atoms with van der Waals surface area (Å²) in [6, 6.07) is 6.12. The molecule has 16 heavy (non-hydrogen) atoms. The molecule has 2 N–H and O–H groups in total. The van der Waals surface area contributed by atoms with Crippen LogP contribution in [0.25, 0.3) is 0 Å². The lowest BCUT2D eigenvalue weighted by Gasteiger charge is -2.26. The summed E-state index contributed by atoms with van der Waals surface area (Å²) in [4.78, 5) is 2.40. The average molecular weight is 220 g/mol. The number of benzene rings is 1. The third kappa shape index (κ3) is 2.47. The van der Waals surface area contributed by atoms with Gasteiger partial charge in [0.1, 0.15) is 0 Å². The van der Waals surface area contributed by atoms with Crippen molar-refractivity contribution in [2.24, 2.45) is 0 Å². The summed E-state index contributed by atoms with van der Waals surface area (Å²) in [7, 11) is 0. The summed E-state index contributed by atoms with van der Waals surface area (Å²) >= 11 is 0. The first-order valence-corrected chi connectivity index (χ1v) is 5.89. The zero-order chi connectivity index (χ0) is 11.5. The van der Waals surface area contributed by atoms with Gasteiger partial charge in [0.25, 0.3) is 0 Å². The van der Waals surface area contributed by atoms with Gasteiger partial charge in [0.15, 0.2) is 0 Å². The number of anilines is 2. The van der Waals surface area contributed by atoms with Crippen LogP contribution in [0.3, 0.4) is 0 Å². The van der Waals surface area contributed by atoms with E-state index in [1.165, 1.54) is 11.3 Å². The Balaban J connectivity index is 2.21. The van der Waals surface area contributed by atoms with Crippen LogP contribution in [0.1, 0.15) is 18.9 Å². The van der Waals surface area contributed by atoms with Gasteiger partial charge in [-0.2, -0.15) is 0 Å². The lowest BCUT2D eigenvalue weighted by atomic mass is 10.1. The Morgan fingerprint density at radius 1 is 1.44 bits per heavy atom. The molecule has 1 aromatic carbocycles. The van der Waals surface area contributed by atoms with Crippen molar-refractivity contribution < 1.29 is 4.74 Å². The quantitative estimate of drug-likeness (QED) is 0.737. The number of hydrogen-bond donors (Lipinski definition) is 1. The topological polar surface area (TPSA) is 38.5 Å². The Hall–Kier alpha value is -1.22. The van der Waals surface area contributed by atoms with Crippen LogP contribution in [-0.2, 0) is 4.74 Å². The molecule has 1 fully saturated rings. The van der Waals surface area contributed by atoms with E-state index in [2.05, 4.69) is 24.8 Å². The van der Waals surface area contributed by atoms with Gasteiger partial charge in [-0.3, -0.25) is 0 Å². The summed E-state index contributed by atoms with van der Waals surface area (Å²) in [6.45, 7) is 7.14. The third-order valence-corrected chi connectivity index (χ3v) is 3.01. The number of nitrogens with two attached hydrogens (primary N) is 1. The molecule has 0 amide bonds. The molecule has 1 aliphatic rings. The molecule has 0 spiro atoms. The highest BCUT2D eigenvalue weighted by molar-refractivity contribution is 5.59. The largest absolute Gasteiger partial charge is 0.399 e. The van der Waals surface area contributed by atoms with Crippen LogP contribution >= 0.6 is 0 Å². The fourth-order valence-electron chi connectivity index (χ4n) is 2.25. The van der Waals surface area contributed by atoms with E-state index in [4.69, 9.17) is 10.5 Å². The minimum absolute atomic E-state index is 0.305. The minimum atomic E-state index is 0.305. The van der Waals surface area contributed by atoms with E-state index in [9.17, 15) is 0 Å². The van der Waals surface area contributed by atoms with Gasteiger partial charge in [-0.1, -0.05) is 0 Å². The average Bonchev–Trinajstić information content (AvgIpc) is 2.43. The fourth-order valence-corrected chi connectivity index (χ4v) is 2.25. The molecule has 1 heterocycles. The maximum Gasteiger partial charge on any atom is 0.0721 e. The van der Waals surface area contributed by atoms with Crippen LogP contribution in [0, 0.1) is 6.92 Å². The maximum absolute atomic E-state index is 5.77. The first-order valence-electron chi connectivity index (χ1n) is 5.89. The van der Waals surface area contributed by atoms with Gasteiger partial charge >= 0.3 is 0 Å². The molecular formula is C13H20N2O. The Morgan fingerprint density at radius 3 is 3.00 bits per heavy atom. The van der Waals surface area contributed by atoms with E-state index < -0.39 is 0 Å². The molecule has 2 rings (SSSR count). The Labute approximate surface area is 97.2 Å². The summed E-state index contributed by atoms with van der Waals surface area (Å²) in [5.41, 5.74) is 9.13. The molecule has 0 aromatic heterocycles. The molecule has 0 saturated carbocycles. The van der Waals surface area contributed by atoms with Crippen molar-refractivity contribution in [3.63, 3.8) is 0 Å². The highest BCUT2D eigenvalue weighted by Crippen LogP contribution is 2.24. The zero-order valence-corrected chi connectivity index (χ0v) is 10.1. The van der Waals surface area contributed by atoms with Crippen LogP contribution in [0.4, 0.5) is 11.4 Å². The van der Waals surface area contributed by atoms with Crippen molar-refractivity contribution in [2.45, 2.75) is 26.4 Å². The molecule has 0 radical (unpaired) electrons. The highest BCUT2D eigenvalue weighted by atomic mass is 16.5. The minimum Gasteiger partial charge on any atom is -0.399 e. The SMILES string of the molecule is Cc1cc(N)ccc1N1CCCOC(C)C1. The Bertz CT molecular complexity index is 365. The van der Waals surface area contributed by atoms with Crippen molar-refractivity contribution in [3.8, 4) is 0 Å². The van der Waals surface area contributed by atoms with E-state index >= 15 is 0 Å². The normalized spacial score (nSPS) is 21.9. The van der Waals surface area contributed by atoms with Crippen molar-refractivity contribution >= 4 is 11.4 Å². The number of ether oxygens (including phenoxy) is 1. The van der Waals surface area contributed by atoms with Crippen molar-refractivity contribution in [3.05, 3.63) is 23.8 Å². The maximum atomic E-state index is 5.77. The second kappa shape index (κ2) is 4.74. The number of aryl methyl sites for hydroxylation is 1. The molecule has 0 aliphatic carbocycles. The van der Waals surface area contributed by atoms with Gasteiger partial charge in [0.05, 0.1) is 6.10 Å². The first-order chi connectivity index (χ1) is 7.66. The van der Waals surface area contributed by atoms with Gasteiger partial charge in [-0.05, 0) is 44.0 Å². The number of rotatable bonds is 1. The van der Waals surface area contributed by atoms with Gasteiger partial charge in [-0.15, -0.1) is 0 Å². The van der Waals surface area contributed by atoms with Crippen LogP contribution in [0.2, 0.25) is 0 Å². The van der Waals surface area contributed by atoms with E-state index in [-0.39, 0.29) is 0 Å². The molecular weight excluding hydrogens is 200 g/mol. The second-order valence-corrected chi connectivity index (χ2v) is 4.53. The lowest BCUT2D eigenvalue weighted by Crippen LogP contribution is -2.30. The fraction of sp³-hybridized carbons (Fsp3) is 0.538. The summed E-state index contributed by atoms with van der Waals surface area (Å²) in [6.07, 6.45) is 1.40. The van der Waals surface area contributed by atoms with Crippen LogP contribution in [-0.4, -0.2) is 25.8 Å². The molecule has 1 aliphatic heterocycles. The van der Waals surface area contributed by atoms with Crippen LogP contribution in [0.5, 0.6) is 0 Å². The molecule has 1 unspecified atom stereocenters. The van der Waals surface area contributed by atoms with Crippen molar-refractivity contribution in [1.29, 1.82) is 0 Å². The van der Waals surface area contributed by atoms with Gasteiger partial charge in [-0.25, -0.2) is 0 Å². The Kier molecular flexibility index (Phi) is 3.34. The van der Waals surface area contributed by atoms with Gasteiger partial charge < -0.3 is 15.4 Å². The van der Waals surface area contributed by atoms with Crippen molar-refractivity contribution in [2.75, 3.05) is 30.3 Å². The predicted molar refractivity (Wildman–Crippen MR) is 67.8 cm³/mol. The summed E-state index contributed by atoms with van der Waals surface area (Å²) in [5.74, 6) is 0. The number of nitrogen functional groups attached to an aromatic ring is 1. The third-order valence-electron chi connectivity index (χ3n) is 3.01. The second-order valence-electron chi connectivity index (χ2n) is 4.53. The molecule has 3 heteroatoms. The molecule has 3 nitrogen and oxygen atoms in total. The highest BCUT2D eigenvalue weighted by Gasteiger charge is 2.16. The summed E-state index contributed by atoms with van der Waals surface area (Å²) in [5, 5.41) is 0. The molecule has 0 bridgehead atoms. The predicted octanol–water partition coefficient (Wildman–Crippen LogP) is 2.19. The van der Waals surface area contributed by atoms with Gasteiger partial charge in [0.2, 0.25) is 0 Å². The molecule has 1 atom stereocenters. The number of nitrogens with zero attached hydrogens (tertiary/aromatic N) is 1. The van der Waals surface area contributed by atoms with E-state index in [1.807, 2.05) is 12.1 Å². The molecule has 1 aromatic rings. The van der Waals surface area contributed by atoms with Crippen LogP contribution in [0.15, 0.2) is 18.2 Å². The molecule has 88 valence electrons. The van der Waals surface area contributed by atoms with Crippen LogP contribution < -0.4 is 10.6 Å². The van der Waals surface area contributed by atoms with E-state index in [1.54, 1.807) is 0 Å². The monoisotopic (exact) mass is 220 g/mol. The lowest BCUT2D eigenvalue weighted by molar-refractivity contribution is 0.0821. The van der Waals surface area contributed by atoms with Gasteiger partial charge in [0, 0.05) is 31.1 Å².